The first kappa shape index (κ1) is 15.2. The van der Waals surface area contributed by atoms with E-state index in [9.17, 15) is 9.59 Å². The van der Waals surface area contributed by atoms with Gasteiger partial charge in [0.05, 0.1) is 7.11 Å². The summed E-state index contributed by atoms with van der Waals surface area (Å²) >= 11 is 0. The van der Waals surface area contributed by atoms with Crippen molar-refractivity contribution in [1.82, 2.24) is 14.9 Å². The molecule has 19 heavy (non-hydrogen) atoms. The van der Waals surface area contributed by atoms with E-state index in [1.54, 1.807) is 6.92 Å². The van der Waals surface area contributed by atoms with Gasteiger partial charge < -0.3 is 10.1 Å². The van der Waals surface area contributed by atoms with Gasteiger partial charge in [0.25, 0.3) is 11.6 Å². The number of carbonyl (C=O) groups is 1. The highest BCUT2D eigenvalue weighted by atomic mass is 16.5. The Morgan fingerprint density at radius 3 is 2.84 bits per heavy atom. The molecule has 0 aromatic carbocycles. The van der Waals surface area contributed by atoms with Gasteiger partial charge in [-0.25, -0.2) is 4.98 Å². The van der Waals surface area contributed by atoms with Crippen molar-refractivity contribution in [2.45, 2.75) is 46.2 Å². The van der Waals surface area contributed by atoms with Crippen LogP contribution >= 0.6 is 0 Å². The average molecular weight is 267 g/mol. The number of nitrogens with zero attached hydrogens (tertiary/aromatic N) is 2. The maximum absolute atomic E-state index is 11.8. The topological polar surface area (TPSA) is 73.2 Å². The van der Waals surface area contributed by atoms with E-state index in [1.165, 1.54) is 17.7 Å². The number of aromatic nitrogens is 2. The van der Waals surface area contributed by atoms with E-state index >= 15 is 0 Å². The summed E-state index contributed by atoms with van der Waals surface area (Å²) in [5.41, 5.74) is 0.278. The molecule has 0 aliphatic carbocycles. The molecular formula is C13H21N3O3. The number of carbonyl (C=O) groups excluding carboxylic acids is 1. The lowest BCUT2D eigenvalue weighted by Crippen LogP contribution is -2.37. The average Bonchev–Trinajstić information content (AvgIpc) is 2.32. The van der Waals surface area contributed by atoms with E-state index in [1.807, 2.05) is 6.92 Å². The Balaban J connectivity index is 2.82. The Bertz CT molecular complexity index is 496. The van der Waals surface area contributed by atoms with Gasteiger partial charge in [0, 0.05) is 17.8 Å². The summed E-state index contributed by atoms with van der Waals surface area (Å²) in [5, 5.41) is 2.84. The molecule has 1 N–H and O–H groups in total. The Kier molecular flexibility index (Phi) is 5.54. The van der Waals surface area contributed by atoms with E-state index in [2.05, 4.69) is 17.2 Å². The molecular weight excluding hydrogens is 246 g/mol. The Hall–Kier alpha value is -1.85. The van der Waals surface area contributed by atoms with Crippen molar-refractivity contribution in [3.8, 4) is 6.01 Å². The summed E-state index contributed by atoms with van der Waals surface area (Å²) in [6.45, 7) is 5.62. The van der Waals surface area contributed by atoms with Gasteiger partial charge in [0.15, 0.2) is 0 Å². The summed E-state index contributed by atoms with van der Waals surface area (Å²) < 4.78 is 6.26. The third-order valence-electron chi connectivity index (χ3n) is 2.71. The van der Waals surface area contributed by atoms with Crippen LogP contribution in [0.5, 0.6) is 6.01 Å². The maximum atomic E-state index is 11.8. The zero-order valence-electron chi connectivity index (χ0n) is 11.9. The molecule has 0 aliphatic rings. The standard InChI is InChI=1S/C13H21N3O3/c1-5-6-9(2)14-11(17)8-16-12(18)7-10(3)15-13(16)19-4/h7,9H,5-6,8H2,1-4H3,(H,14,17). The van der Waals surface area contributed by atoms with E-state index in [4.69, 9.17) is 4.74 Å². The number of hydrogen-bond acceptors (Lipinski definition) is 4. The molecule has 1 unspecified atom stereocenters. The number of rotatable bonds is 6. The van der Waals surface area contributed by atoms with Crippen LogP contribution in [0, 0.1) is 6.92 Å². The van der Waals surface area contributed by atoms with Crippen LogP contribution in [-0.2, 0) is 11.3 Å². The predicted octanol–water partition coefficient (Wildman–Crippen LogP) is 0.865. The smallest absolute Gasteiger partial charge is 0.299 e. The molecule has 106 valence electrons. The first-order valence-electron chi connectivity index (χ1n) is 6.39. The molecule has 1 aromatic heterocycles. The lowest BCUT2D eigenvalue weighted by molar-refractivity contribution is -0.122. The fraction of sp³-hybridized carbons (Fsp3) is 0.615. The molecule has 6 nitrogen and oxygen atoms in total. The minimum absolute atomic E-state index is 0.0800. The van der Waals surface area contributed by atoms with E-state index in [0.29, 0.717) is 5.69 Å². The normalized spacial score (nSPS) is 12.0. The van der Waals surface area contributed by atoms with E-state index in [-0.39, 0.29) is 30.1 Å². The van der Waals surface area contributed by atoms with E-state index in [0.717, 1.165) is 12.8 Å². The van der Waals surface area contributed by atoms with Gasteiger partial charge in [-0.3, -0.25) is 14.2 Å². The highest BCUT2D eigenvalue weighted by molar-refractivity contribution is 5.76. The number of amides is 1. The third kappa shape index (κ3) is 4.39. The first-order chi connectivity index (χ1) is 8.97. The molecule has 0 saturated heterocycles. The van der Waals surface area contributed by atoms with Crippen LogP contribution in [0.1, 0.15) is 32.4 Å². The summed E-state index contributed by atoms with van der Waals surface area (Å²) in [6.07, 6.45) is 1.90. The van der Waals surface area contributed by atoms with Gasteiger partial charge in [-0.2, -0.15) is 0 Å². The molecule has 0 spiro atoms. The molecule has 6 heteroatoms. The fourth-order valence-electron chi connectivity index (χ4n) is 1.87. The minimum atomic E-state index is -0.289. The third-order valence-corrected chi connectivity index (χ3v) is 2.71. The van der Waals surface area contributed by atoms with E-state index < -0.39 is 0 Å². The molecule has 0 saturated carbocycles. The highest BCUT2D eigenvalue weighted by Gasteiger charge is 2.13. The zero-order chi connectivity index (χ0) is 14.4. The summed E-state index contributed by atoms with van der Waals surface area (Å²) in [6, 6.07) is 1.63. The second kappa shape index (κ2) is 6.92. The molecule has 1 atom stereocenters. The van der Waals surface area contributed by atoms with Gasteiger partial charge in [0.1, 0.15) is 6.54 Å². The van der Waals surface area contributed by atoms with Crippen LogP contribution in [0.4, 0.5) is 0 Å². The van der Waals surface area contributed by atoms with Gasteiger partial charge in [-0.05, 0) is 20.3 Å². The van der Waals surface area contributed by atoms with Crippen molar-refractivity contribution in [1.29, 1.82) is 0 Å². The highest BCUT2D eigenvalue weighted by Crippen LogP contribution is 2.04. The van der Waals surface area contributed by atoms with Crippen LogP contribution in [0.25, 0.3) is 0 Å². The van der Waals surface area contributed by atoms with Crippen LogP contribution in [0.15, 0.2) is 10.9 Å². The zero-order valence-corrected chi connectivity index (χ0v) is 11.9. The second-order valence-corrected chi connectivity index (χ2v) is 4.57. The number of hydrogen-bond donors (Lipinski definition) is 1. The van der Waals surface area contributed by atoms with Crippen molar-refractivity contribution >= 4 is 5.91 Å². The molecule has 0 bridgehead atoms. The maximum Gasteiger partial charge on any atom is 0.299 e. The molecule has 0 fully saturated rings. The second-order valence-electron chi connectivity index (χ2n) is 4.57. The van der Waals surface area contributed by atoms with Crippen LogP contribution in [-0.4, -0.2) is 28.6 Å². The monoisotopic (exact) mass is 267 g/mol. The van der Waals surface area contributed by atoms with Gasteiger partial charge in [-0.1, -0.05) is 13.3 Å². The molecule has 1 heterocycles. The molecule has 1 amide bonds. The molecule has 0 radical (unpaired) electrons. The quantitative estimate of drug-likeness (QED) is 0.830. The first-order valence-corrected chi connectivity index (χ1v) is 6.39. The van der Waals surface area contributed by atoms with Gasteiger partial charge in [-0.15, -0.1) is 0 Å². The minimum Gasteiger partial charge on any atom is -0.468 e. The summed E-state index contributed by atoms with van der Waals surface area (Å²) in [7, 11) is 1.43. The lowest BCUT2D eigenvalue weighted by Gasteiger charge is -2.14. The van der Waals surface area contributed by atoms with Crippen molar-refractivity contribution in [3.05, 3.63) is 22.1 Å². The number of aryl methyl sites for hydroxylation is 1. The number of nitrogens with one attached hydrogen (secondary N) is 1. The molecule has 0 aliphatic heterocycles. The van der Waals surface area contributed by atoms with Crippen LogP contribution in [0.3, 0.4) is 0 Å². The Morgan fingerprint density at radius 1 is 1.58 bits per heavy atom. The summed E-state index contributed by atoms with van der Waals surface area (Å²) in [5.74, 6) is -0.216. The van der Waals surface area contributed by atoms with Gasteiger partial charge in [0.2, 0.25) is 5.91 Å². The lowest BCUT2D eigenvalue weighted by atomic mass is 10.2. The van der Waals surface area contributed by atoms with Crippen molar-refractivity contribution < 1.29 is 9.53 Å². The largest absolute Gasteiger partial charge is 0.468 e. The number of ether oxygens (including phenoxy) is 1. The fourth-order valence-corrected chi connectivity index (χ4v) is 1.87. The van der Waals surface area contributed by atoms with Crippen LogP contribution in [0.2, 0.25) is 0 Å². The van der Waals surface area contributed by atoms with Crippen molar-refractivity contribution in [3.63, 3.8) is 0 Å². The number of methoxy groups -OCH3 is 1. The Labute approximate surface area is 112 Å². The SMILES string of the molecule is CCCC(C)NC(=O)Cn1c(OC)nc(C)cc1=O. The molecule has 1 rings (SSSR count). The molecule has 1 aromatic rings. The van der Waals surface area contributed by atoms with Gasteiger partial charge >= 0.3 is 0 Å². The Morgan fingerprint density at radius 2 is 2.26 bits per heavy atom. The van der Waals surface area contributed by atoms with Crippen molar-refractivity contribution in [2.24, 2.45) is 0 Å². The summed E-state index contributed by atoms with van der Waals surface area (Å²) in [4.78, 5) is 27.8. The predicted molar refractivity (Wildman–Crippen MR) is 72.3 cm³/mol. The van der Waals surface area contributed by atoms with Crippen molar-refractivity contribution in [2.75, 3.05) is 7.11 Å². The van der Waals surface area contributed by atoms with Crippen LogP contribution < -0.4 is 15.6 Å².